The summed E-state index contributed by atoms with van der Waals surface area (Å²) in [5.41, 5.74) is -0.508. The number of ether oxygens (including phenoxy) is 4. The summed E-state index contributed by atoms with van der Waals surface area (Å²) in [7, 11) is 0. The highest BCUT2D eigenvalue weighted by Crippen LogP contribution is 2.75. The molecule has 12 atom stereocenters. The molecule has 0 aromatic rings. The van der Waals surface area contributed by atoms with Crippen LogP contribution < -0.4 is 0 Å². The minimum absolute atomic E-state index is 0.0525. The molecule has 39 heavy (non-hydrogen) atoms. The van der Waals surface area contributed by atoms with E-state index in [0.29, 0.717) is 25.0 Å². The lowest BCUT2D eigenvalue weighted by molar-refractivity contribution is -0.263. The van der Waals surface area contributed by atoms with Crippen LogP contribution in [0.15, 0.2) is 23.3 Å². The van der Waals surface area contributed by atoms with Gasteiger partial charge in [-0.05, 0) is 36.5 Å². The number of aliphatic hydroxyl groups excluding tert-OH is 2. The molecule has 0 aromatic heterocycles. The predicted molar refractivity (Wildman–Crippen MR) is 136 cm³/mol. The van der Waals surface area contributed by atoms with Crippen molar-refractivity contribution in [3.8, 4) is 0 Å². The fourth-order valence-electron chi connectivity index (χ4n) is 10.4. The molecule has 0 radical (unpaired) electrons. The van der Waals surface area contributed by atoms with E-state index in [1.54, 1.807) is 0 Å². The molecular formula is C30H40O9. The van der Waals surface area contributed by atoms with Crippen molar-refractivity contribution >= 4 is 17.9 Å². The molecule has 3 saturated carbocycles. The summed E-state index contributed by atoms with van der Waals surface area (Å²) in [6.07, 6.45) is 2.47. The average molecular weight is 545 g/mol. The van der Waals surface area contributed by atoms with Gasteiger partial charge in [0.2, 0.25) is 6.29 Å². The minimum Gasteiger partial charge on any atom is -0.462 e. The summed E-state index contributed by atoms with van der Waals surface area (Å²) in [4.78, 5) is 36.5. The Hall–Kier alpha value is -2.23. The molecule has 4 aliphatic carbocycles. The van der Waals surface area contributed by atoms with Gasteiger partial charge in [-0.15, -0.1) is 0 Å². The molecule has 9 nitrogen and oxygen atoms in total. The molecule has 0 aromatic carbocycles. The van der Waals surface area contributed by atoms with Crippen LogP contribution in [0.25, 0.3) is 0 Å². The Morgan fingerprint density at radius 2 is 1.72 bits per heavy atom. The molecule has 2 aliphatic heterocycles. The predicted octanol–water partition coefficient (Wildman–Crippen LogP) is 2.83. The summed E-state index contributed by atoms with van der Waals surface area (Å²) in [5.74, 6) is -1.69. The van der Waals surface area contributed by atoms with Gasteiger partial charge in [0.25, 0.3) is 0 Å². The zero-order valence-corrected chi connectivity index (χ0v) is 23.6. The van der Waals surface area contributed by atoms with E-state index in [2.05, 4.69) is 33.8 Å². The molecule has 0 bridgehead atoms. The molecule has 2 heterocycles. The lowest BCUT2D eigenvalue weighted by Gasteiger charge is -2.69. The van der Waals surface area contributed by atoms with Crippen molar-refractivity contribution in [2.45, 2.75) is 97.9 Å². The largest absolute Gasteiger partial charge is 0.462 e. The highest BCUT2D eigenvalue weighted by atomic mass is 16.6. The van der Waals surface area contributed by atoms with E-state index in [-0.39, 0.29) is 23.7 Å². The lowest BCUT2D eigenvalue weighted by Crippen LogP contribution is -2.73. The van der Waals surface area contributed by atoms with Crippen LogP contribution in [0.4, 0.5) is 0 Å². The topological polar surface area (TPSA) is 129 Å². The Balaban J connectivity index is 1.46. The zero-order valence-electron chi connectivity index (χ0n) is 23.6. The van der Waals surface area contributed by atoms with Crippen molar-refractivity contribution in [1.29, 1.82) is 0 Å². The van der Waals surface area contributed by atoms with Crippen molar-refractivity contribution in [2.75, 3.05) is 6.61 Å². The van der Waals surface area contributed by atoms with E-state index in [0.717, 1.165) is 18.4 Å². The zero-order chi connectivity index (χ0) is 28.3. The first-order chi connectivity index (χ1) is 18.2. The van der Waals surface area contributed by atoms with Gasteiger partial charge in [0.15, 0.2) is 0 Å². The third-order valence-electron chi connectivity index (χ3n) is 11.8. The van der Waals surface area contributed by atoms with Gasteiger partial charge in [0, 0.05) is 54.1 Å². The lowest BCUT2D eigenvalue weighted by atomic mass is 9.36. The van der Waals surface area contributed by atoms with Crippen LogP contribution >= 0.6 is 0 Å². The summed E-state index contributed by atoms with van der Waals surface area (Å²) < 4.78 is 23.4. The Bertz CT molecular complexity index is 1190. The maximum Gasteiger partial charge on any atom is 0.333 e. The van der Waals surface area contributed by atoms with Crippen molar-refractivity contribution < 1.29 is 43.5 Å². The number of allylic oxidation sites excluding steroid dienone is 1. The fourth-order valence-corrected chi connectivity index (χ4v) is 10.4. The van der Waals surface area contributed by atoms with Crippen molar-refractivity contribution in [3.05, 3.63) is 23.3 Å². The third kappa shape index (κ3) is 3.32. The molecule has 0 amide bonds. The van der Waals surface area contributed by atoms with Crippen LogP contribution in [0.5, 0.6) is 0 Å². The molecule has 9 heteroatoms. The van der Waals surface area contributed by atoms with Crippen molar-refractivity contribution in [1.82, 2.24) is 0 Å². The van der Waals surface area contributed by atoms with Crippen LogP contribution in [0, 0.1) is 39.4 Å². The van der Waals surface area contributed by atoms with Gasteiger partial charge in [-0.1, -0.05) is 39.3 Å². The van der Waals surface area contributed by atoms with E-state index >= 15 is 0 Å². The van der Waals surface area contributed by atoms with Gasteiger partial charge in [-0.2, -0.15) is 0 Å². The Labute approximate surface area is 228 Å². The summed E-state index contributed by atoms with van der Waals surface area (Å²) in [6.45, 7) is 11.7. The van der Waals surface area contributed by atoms with Gasteiger partial charge >= 0.3 is 17.9 Å². The maximum atomic E-state index is 12.4. The number of aliphatic hydroxyl groups is 2. The smallest absolute Gasteiger partial charge is 0.333 e. The Kier molecular flexibility index (Phi) is 5.80. The van der Waals surface area contributed by atoms with E-state index in [9.17, 15) is 24.6 Å². The minimum atomic E-state index is -1.25. The van der Waals surface area contributed by atoms with E-state index < -0.39 is 64.3 Å². The first kappa shape index (κ1) is 27.0. The SMILES string of the molecule is CC(=O)O[C@H]1C[C@@H](OC(C)=O)[C@@]2(C)CO[C@H]3[C@@H](O)[C@@]4(C)C5=CC[C@@H](C6=CC(=O)O[C@H]6O)[C@]5(C)CC[C@@H]4[C@]1(C)[C@@H]32. The maximum absolute atomic E-state index is 12.4. The fraction of sp³-hybridized carbons (Fsp3) is 0.767. The monoisotopic (exact) mass is 544 g/mol. The molecule has 6 aliphatic rings. The average Bonchev–Trinajstić information content (AvgIpc) is 3.48. The quantitative estimate of drug-likeness (QED) is 0.313. The first-order valence-corrected chi connectivity index (χ1v) is 14.1. The van der Waals surface area contributed by atoms with Gasteiger partial charge in [0.1, 0.15) is 12.2 Å². The number of rotatable bonds is 3. The first-order valence-electron chi connectivity index (χ1n) is 14.1. The van der Waals surface area contributed by atoms with Crippen LogP contribution in [-0.2, 0) is 33.3 Å². The van der Waals surface area contributed by atoms with Crippen LogP contribution in [0.3, 0.4) is 0 Å². The number of esters is 3. The van der Waals surface area contributed by atoms with Crippen molar-refractivity contribution in [2.24, 2.45) is 39.4 Å². The van der Waals surface area contributed by atoms with Crippen LogP contribution in [0.1, 0.15) is 67.2 Å². The highest BCUT2D eigenvalue weighted by molar-refractivity contribution is 5.85. The molecule has 1 saturated heterocycles. The summed E-state index contributed by atoms with van der Waals surface area (Å²) in [6, 6.07) is 0. The molecule has 6 rings (SSSR count). The second-order valence-corrected chi connectivity index (χ2v) is 13.6. The van der Waals surface area contributed by atoms with Gasteiger partial charge in [-0.3, -0.25) is 9.59 Å². The van der Waals surface area contributed by atoms with Crippen LogP contribution in [0.2, 0.25) is 0 Å². The van der Waals surface area contributed by atoms with E-state index in [1.165, 1.54) is 19.9 Å². The Morgan fingerprint density at radius 1 is 1.05 bits per heavy atom. The van der Waals surface area contributed by atoms with Gasteiger partial charge < -0.3 is 29.2 Å². The van der Waals surface area contributed by atoms with Crippen molar-refractivity contribution in [3.63, 3.8) is 0 Å². The normalized spacial score (nSPS) is 51.6. The molecule has 4 fully saturated rings. The van der Waals surface area contributed by atoms with Gasteiger partial charge in [-0.25, -0.2) is 4.79 Å². The molecular weight excluding hydrogens is 504 g/mol. The highest BCUT2D eigenvalue weighted by Gasteiger charge is 2.77. The molecule has 0 spiro atoms. The van der Waals surface area contributed by atoms with Crippen LogP contribution in [-0.4, -0.2) is 65.4 Å². The third-order valence-corrected chi connectivity index (χ3v) is 11.8. The second kappa shape index (κ2) is 8.40. The standard InChI is InChI=1S/C30H40O9/c1-14(31)37-20-12-21(38-15(2)32)30(6)19-9-10-27(3)17(16-11-22(33)39-26(16)35)7-8-18(27)29(19,5)25(34)23-24(30)28(20,4)13-36-23/h8,11,17,19-21,23-26,34-35H,7,9-10,12-13H2,1-6H3/t17-,19-,20+,21-,23+,24-,25+,26+,27-,28+,29-,30-/m0/s1. The number of fused-ring (bicyclic) bond motifs is 4. The number of cyclic esters (lactones) is 1. The number of carbonyl (C=O) groups is 3. The second-order valence-electron chi connectivity index (χ2n) is 13.6. The number of carbonyl (C=O) groups excluding carboxylic acids is 3. The molecule has 0 unspecified atom stereocenters. The summed E-state index contributed by atoms with van der Waals surface area (Å²) >= 11 is 0. The number of hydrogen-bond acceptors (Lipinski definition) is 9. The van der Waals surface area contributed by atoms with Gasteiger partial charge in [0.05, 0.1) is 18.8 Å². The Morgan fingerprint density at radius 3 is 2.33 bits per heavy atom. The molecule has 214 valence electrons. The number of hydrogen-bond donors (Lipinski definition) is 2. The van der Waals surface area contributed by atoms with E-state index in [4.69, 9.17) is 18.9 Å². The summed E-state index contributed by atoms with van der Waals surface area (Å²) in [5, 5.41) is 22.7. The molecule has 2 N–H and O–H groups in total. The van der Waals surface area contributed by atoms with E-state index in [1.807, 2.05) is 0 Å².